The largest absolute Gasteiger partial charge is 0.399 e. The monoisotopic (exact) mass is 359 g/mol. The number of nitrogen functional groups attached to an aromatic ring is 1. The van der Waals surface area contributed by atoms with E-state index in [1.807, 2.05) is 30.3 Å². The van der Waals surface area contributed by atoms with Crippen LogP contribution >= 0.6 is 12.4 Å². The lowest BCUT2D eigenvalue weighted by Gasteiger charge is -2.36. The fraction of sp³-hybridized carbons (Fsp3) is 0.263. The van der Waals surface area contributed by atoms with Gasteiger partial charge in [0.25, 0.3) is 5.91 Å². The molecule has 0 saturated carbocycles. The lowest BCUT2D eigenvalue weighted by molar-refractivity contribution is -0.124. The summed E-state index contributed by atoms with van der Waals surface area (Å²) >= 11 is 0. The first-order valence-corrected chi connectivity index (χ1v) is 8.07. The zero-order valence-corrected chi connectivity index (χ0v) is 14.9. The SMILES string of the molecule is CN(C(=O)c1cccc(N)c1)C1CCCN(c2ccccc2)C1=O.Cl. The van der Waals surface area contributed by atoms with Crippen LogP contribution in [-0.4, -0.2) is 36.3 Å². The normalized spacial score (nSPS) is 16.9. The number of rotatable bonds is 3. The number of hydrogen-bond acceptors (Lipinski definition) is 3. The van der Waals surface area contributed by atoms with Crippen molar-refractivity contribution in [1.29, 1.82) is 0 Å². The fourth-order valence-electron chi connectivity index (χ4n) is 3.10. The molecule has 25 heavy (non-hydrogen) atoms. The maximum Gasteiger partial charge on any atom is 0.254 e. The molecule has 2 N–H and O–H groups in total. The van der Waals surface area contributed by atoms with Gasteiger partial charge in [0.15, 0.2) is 0 Å². The summed E-state index contributed by atoms with van der Waals surface area (Å²) in [6.45, 7) is 0.680. The third-order valence-electron chi connectivity index (χ3n) is 4.40. The molecule has 6 heteroatoms. The van der Waals surface area contributed by atoms with E-state index in [0.717, 1.165) is 12.1 Å². The fourth-order valence-corrected chi connectivity index (χ4v) is 3.10. The molecule has 3 rings (SSSR count). The standard InChI is InChI=1S/C19H21N3O2.ClH/c1-21(18(23)14-7-5-8-15(20)13-14)17-11-6-12-22(19(17)24)16-9-3-2-4-10-16;/h2-5,7-10,13,17H,6,11-12,20H2,1H3;1H. The predicted octanol–water partition coefficient (Wildman–Crippen LogP) is 2.96. The third-order valence-corrected chi connectivity index (χ3v) is 4.40. The Kier molecular flexibility index (Phi) is 6.04. The molecule has 1 fully saturated rings. The van der Waals surface area contributed by atoms with Crippen LogP contribution in [-0.2, 0) is 4.79 Å². The van der Waals surface area contributed by atoms with Crippen molar-refractivity contribution in [1.82, 2.24) is 4.90 Å². The summed E-state index contributed by atoms with van der Waals surface area (Å²) in [7, 11) is 1.68. The Labute approximate surface area is 153 Å². The first-order valence-electron chi connectivity index (χ1n) is 8.07. The lowest BCUT2D eigenvalue weighted by atomic mass is 10.0. The van der Waals surface area contributed by atoms with E-state index in [9.17, 15) is 9.59 Å². The Bertz CT molecular complexity index is 751. The quantitative estimate of drug-likeness (QED) is 0.857. The van der Waals surface area contributed by atoms with Crippen LogP contribution < -0.4 is 10.6 Å². The van der Waals surface area contributed by atoms with Crippen molar-refractivity contribution < 1.29 is 9.59 Å². The molecule has 0 aliphatic carbocycles. The van der Waals surface area contributed by atoms with Gasteiger partial charge in [0.1, 0.15) is 6.04 Å². The Morgan fingerprint density at radius 1 is 1.16 bits per heavy atom. The highest BCUT2D eigenvalue weighted by atomic mass is 35.5. The van der Waals surface area contributed by atoms with E-state index < -0.39 is 6.04 Å². The average Bonchev–Trinajstić information content (AvgIpc) is 2.61. The molecule has 0 spiro atoms. The molecule has 0 bridgehead atoms. The minimum Gasteiger partial charge on any atom is -0.399 e. The molecule has 2 aromatic carbocycles. The number of benzene rings is 2. The van der Waals surface area contributed by atoms with Crippen LogP contribution in [0.3, 0.4) is 0 Å². The van der Waals surface area contributed by atoms with E-state index in [1.54, 1.807) is 36.2 Å². The van der Waals surface area contributed by atoms with Gasteiger partial charge in [0, 0.05) is 30.5 Å². The first-order chi connectivity index (χ1) is 11.6. The summed E-state index contributed by atoms with van der Waals surface area (Å²) < 4.78 is 0. The molecule has 1 unspecified atom stereocenters. The second kappa shape index (κ2) is 8.03. The number of nitrogens with zero attached hydrogens (tertiary/aromatic N) is 2. The molecular weight excluding hydrogens is 338 g/mol. The second-order valence-corrected chi connectivity index (χ2v) is 6.02. The third kappa shape index (κ3) is 3.94. The van der Waals surface area contributed by atoms with Crippen molar-refractivity contribution in [3.8, 4) is 0 Å². The van der Waals surface area contributed by atoms with Gasteiger partial charge >= 0.3 is 0 Å². The molecule has 5 nitrogen and oxygen atoms in total. The zero-order valence-electron chi connectivity index (χ0n) is 14.1. The molecule has 0 aromatic heterocycles. The number of anilines is 2. The van der Waals surface area contributed by atoms with Crippen molar-refractivity contribution in [2.24, 2.45) is 0 Å². The van der Waals surface area contributed by atoms with Gasteiger partial charge in [-0.2, -0.15) is 0 Å². The Morgan fingerprint density at radius 3 is 2.56 bits per heavy atom. The molecule has 2 aromatic rings. The Hall–Kier alpha value is -2.53. The van der Waals surface area contributed by atoms with Gasteiger partial charge in [-0.15, -0.1) is 12.4 Å². The molecule has 0 radical (unpaired) electrons. The Balaban J connectivity index is 0.00000225. The topological polar surface area (TPSA) is 66.6 Å². The number of carbonyl (C=O) groups excluding carboxylic acids is 2. The van der Waals surface area contributed by atoms with Crippen LogP contribution in [0.4, 0.5) is 11.4 Å². The van der Waals surface area contributed by atoms with Gasteiger partial charge in [-0.25, -0.2) is 0 Å². The predicted molar refractivity (Wildman–Crippen MR) is 102 cm³/mol. The van der Waals surface area contributed by atoms with Crippen molar-refractivity contribution >= 4 is 35.6 Å². The minimum atomic E-state index is -0.451. The number of carbonyl (C=O) groups is 2. The lowest BCUT2D eigenvalue weighted by Crippen LogP contribution is -2.53. The van der Waals surface area contributed by atoms with Crippen LogP contribution in [0.25, 0.3) is 0 Å². The highest BCUT2D eigenvalue weighted by molar-refractivity contribution is 6.03. The first kappa shape index (κ1) is 18.8. The van der Waals surface area contributed by atoms with Gasteiger partial charge in [0.05, 0.1) is 0 Å². The highest BCUT2D eigenvalue weighted by Crippen LogP contribution is 2.24. The number of halogens is 1. The number of hydrogen-bond donors (Lipinski definition) is 1. The van der Waals surface area contributed by atoms with Crippen LogP contribution in [0, 0.1) is 0 Å². The van der Waals surface area contributed by atoms with Crippen LogP contribution in [0.1, 0.15) is 23.2 Å². The number of nitrogens with two attached hydrogens (primary N) is 1. The summed E-state index contributed by atoms with van der Waals surface area (Å²) in [6, 6.07) is 16.0. The molecule has 1 atom stereocenters. The maximum absolute atomic E-state index is 12.9. The van der Waals surface area contributed by atoms with Gasteiger partial charge in [-0.1, -0.05) is 24.3 Å². The number of para-hydroxylation sites is 1. The average molecular weight is 360 g/mol. The van der Waals surface area contributed by atoms with E-state index in [-0.39, 0.29) is 24.2 Å². The van der Waals surface area contributed by atoms with Crippen molar-refractivity contribution in [2.75, 3.05) is 24.2 Å². The zero-order chi connectivity index (χ0) is 17.1. The summed E-state index contributed by atoms with van der Waals surface area (Å²) in [5.41, 5.74) is 7.67. The molecule has 1 saturated heterocycles. The van der Waals surface area contributed by atoms with E-state index in [2.05, 4.69) is 0 Å². The summed E-state index contributed by atoms with van der Waals surface area (Å²) in [5.74, 6) is -0.220. The molecule has 1 aliphatic rings. The van der Waals surface area contributed by atoms with Crippen molar-refractivity contribution in [3.05, 3.63) is 60.2 Å². The van der Waals surface area contributed by atoms with Crippen molar-refractivity contribution in [2.45, 2.75) is 18.9 Å². The molecule has 1 aliphatic heterocycles. The second-order valence-electron chi connectivity index (χ2n) is 6.02. The minimum absolute atomic E-state index is 0. The molecule has 132 valence electrons. The molecule has 2 amide bonds. The van der Waals surface area contributed by atoms with E-state index in [1.165, 1.54) is 4.90 Å². The summed E-state index contributed by atoms with van der Waals surface area (Å²) in [5, 5.41) is 0. The van der Waals surface area contributed by atoms with Crippen molar-refractivity contribution in [3.63, 3.8) is 0 Å². The maximum atomic E-state index is 12.9. The highest BCUT2D eigenvalue weighted by Gasteiger charge is 2.34. The smallest absolute Gasteiger partial charge is 0.254 e. The van der Waals surface area contributed by atoms with Crippen LogP contribution in [0.5, 0.6) is 0 Å². The van der Waals surface area contributed by atoms with Gasteiger partial charge < -0.3 is 15.5 Å². The van der Waals surface area contributed by atoms with Gasteiger partial charge in [-0.3, -0.25) is 9.59 Å². The van der Waals surface area contributed by atoms with Crippen LogP contribution in [0.15, 0.2) is 54.6 Å². The molecule has 1 heterocycles. The number of likely N-dealkylation sites (N-methyl/N-ethyl adjacent to an activating group) is 1. The Morgan fingerprint density at radius 2 is 1.88 bits per heavy atom. The van der Waals surface area contributed by atoms with Crippen LogP contribution in [0.2, 0.25) is 0 Å². The number of amides is 2. The summed E-state index contributed by atoms with van der Waals surface area (Å²) in [4.78, 5) is 28.9. The molecular formula is C19H22ClN3O2. The summed E-state index contributed by atoms with van der Waals surface area (Å²) in [6.07, 6.45) is 1.53. The van der Waals surface area contributed by atoms with E-state index in [4.69, 9.17) is 5.73 Å². The van der Waals surface area contributed by atoms with Gasteiger partial charge in [0.2, 0.25) is 5.91 Å². The number of piperidine rings is 1. The van der Waals surface area contributed by atoms with E-state index in [0.29, 0.717) is 24.2 Å². The van der Waals surface area contributed by atoms with E-state index >= 15 is 0 Å². The van der Waals surface area contributed by atoms with Gasteiger partial charge in [-0.05, 0) is 43.2 Å².